The number of nitrogens with one attached hydrogen (secondary N) is 1. The minimum atomic E-state index is -0.168. The molecule has 3 heterocycles. The Labute approximate surface area is 152 Å². The van der Waals surface area contributed by atoms with Crippen molar-refractivity contribution in [2.45, 2.75) is 25.8 Å². The van der Waals surface area contributed by atoms with E-state index in [1.165, 1.54) is 0 Å². The van der Waals surface area contributed by atoms with Crippen molar-refractivity contribution in [1.29, 1.82) is 0 Å². The van der Waals surface area contributed by atoms with E-state index in [0.29, 0.717) is 5.95 Å². The largest absolute Gasteiger partial charge is 0.293 e. The van der Waals surface area contributed by atoms with Gasteiger partial charge in [0.25, 0.3) is 0 Å². The first-order valence-electron chi connectivity index (χ1n) is 8.91. The minimum Gasteiger partial charge on any atom is -0.293 e. The number of carbonyl (C=O) groups excluding carboxylic acids is 1. The van der Waals surface area contributed by atoms with E-state index in [9.17, 15) is 4.79 Å². The van der Waals surface area contributed by atoms with Gasteiger partial charge in [-0.2, -0.15) is 5.10 Å². The maximum atomic E-state index is 12.5. The number of hydrogen-bond donors (Lipinski definition) is 1. The van der Waals surface area contributed by atoms with E-state index >= 15 is 0 Å². The lowest BCUT2D eigenvalue weighted by molar-refractivity contribution is -0.120. The Hall–Kier alpha value is -2.80. The van der Waals surface area contributed by atoms with Crippen LogP contribution in [-0.4, -0.2) is 49.7 Å². The summed E-state index contributed by atoms with van der Waals surface area (Å²) >= 11 is 0. The zero-order valence-corrected chi connectivity index (χ0v) is 15.0. The summed E-state index contributed by atoms with van der Waals surface area (Å²) < 4.78 is 1.77. The van der Waals surface area contributed by atoms with Crippen molar-refractivity contribution >= 4 is 22.8 Å². The summed E-state index contributed by atoms with van der Waals surface area (Å²) in [5.41, 5.74) is 2.86. The molecular weight excluding hydrogens is 328 g/mol. The van der Waals surface area contributed by atoms with Crippen LogP contribution in [0.25, 0.3) is 22.0 Å². The second-order valence-electron chi connectivity index (χ2n) is 6.78. The van der Waals surface area contributed by atoms with Crippen molar-refractivity contribution in [3.05, 3.63) is 36.8 Å². The highest BCUT2D eigenvalue weighted by Crippen LogP contribution is 2.23. The fraction of sp³-hybridized carbons (Fsp3) is 0.368. The van der Waals surface area contributed by atoms with Crippen LogP contribution in [0, 0.1) is 0 Å². The fourth-order valence-electron chi connectivity index (χ4n) is 3.34. The van der Waals surface area contributed by atoms with E-state index in [0.717, 1.165) is 48.0 Å². The van der Waals surface area contributed by atoms with Crippen LogP contribution >= 0.6 is 0 Å². The van der Waals surface area contributed by atoms with Crippen LogP contribution in [0.3, 0.4) is 0 Å². The highest BCUT2D eigenvalue weighted by Gasteiger charge is 2.24. The number of rotatable bonds is 4. The SMILES string of the molecule is C[C@H](C(=O)Nc1ncc2ccc(-c3cnn(C)c3)cc2n1)N1CCCC1. The summed E-state index contributed by atoms with van der Waals surface area (Å²) in [6.45, 7) is 3.88. The Kier molecular flexibility index (Phi) is 4.38. The molecule has 1 amide bonds. The Morgan fingerprint density at radius 3 is 2.73 bits per heavy atom. The molecule has 0 radical (unpaired) electrons. The van der Waals surface area contributed by atoms with E-state index < -0.39 is 0 Å². The Balaban J connectivity index is 1.57. The van der Waals surface area contributed by atoms with Gasteiger partial charge in [0.1, 0.15) is 0 Å². The topological polar surface area (TPSA) is 75.9 Å². The molecule has 2 aromatic heterocycles. The van der Waals surface area contributed by atoms with Gasteiger partial charge in [-0.25, -0.2) is 9.97 Å². The molecular formula is C19H22N6O. The highest BCUT2D eigenvalue weighted by atomic mass is 16.2. The van der Waals surface area contributed by atoms with Crippen molar-refractivity contribution in [2.24, 2.45) is 7.05 Å². The van der Waals surface area contributed by atoms with Crippen molar-refractivity contribution in [2.75, 3.05) is 18.4 Å². The van der Waals surface area contributed by atoms with Crippen molar-refractivity contribution < 1.29 is 4.79 Å². The molecule has 1 aliphatic rings. The molecule has 0 spiro atoms. The maximum Gasteiger partial charge on any atom is 0.243 e. The number of nitrogens with zero attached hydrogens (tertiary/aromatic N) is 5. The highest BCUT2D eigenvalue weighted by molar-refractivity contribution is 5.94. The number of likely N-dealkylation sites (tertiary alicyclic amines) is 1. The smallest absolute Gasteiger partial charge is 0.243 e. The van der Waals surface area contributed by atoms with Gasteiger partial charge in [-0.3, -0.25) is 19.7 Å². The second-order valence-corrected chi connectivity index (χ2v) is 6.78. The summed E-state index contributed by atoms with van der Waals surface area (Å²) in [5.74, 6) is 0.284. The van der Waals surface area contributed by atoms with Crippen LogP contribution < -0.4 is 5.32 Å². The number of fused-ring (bicyclic) bond motifs is 1. The number of carbonyl (C=O) groups is 1. The van der Waals surface area contributed by atoms with Crippen molar-refractivity contribution in [1.82, 2.24) is 24.6 Å². The van der Waals surface area contributed by atoms with Crippen molar-refractivity contribution in [3.63, 3.8) is 0 Å². The third-order valence-corrected chi connectivity index (χ3v) is 4.92. The van der Waals surface area contributed by atoms with Gasteiger partial charge in [0.2, 0.25) is 11.9 Å². The van der Waals surface area contributed by atoms with E-state index in [1.54, 1.807) is 10.9 Å². The predicted molar refractivity (Wildman–Crippen MR) is 101 cm³/mol. The lowest BCUT2D eigenvalue weighted by Gasteiger charge is -2.22. The molecule has 7 nitrogen and oxygen atoms in total. The molecule has 1 aliphatic heterocycles. The van der Waals surface area contributed by atoms with Gasteiger partial charge in [-0.1, -0.05) is 12.1 Å². The van der Waals surface area contributed by atoms with Crippen LogP contribution in [0.15, 0.2) is 36.8 Å². The fourth-order valence-corrected chi connectivity index (χ4v) is 3.34. The first-order valence-corrected chi connectivity index (χ1v) is 8.91. The summed E-state index contributed by atoms with van der Waals surface area (Å²) in [5, 5.41) is 8.00. The Morgan fingerprint density at radius 1 is 1.19 bits per heavy atom. The lowest BCUT2D eigenvalue weighted by atomic mass is 10.1. The molecule has 0 bridgehead atoms. The normalized spacial score (nSPS) is 16.1. The number of anilines is 1. The summed E-state index contributed by atoms with van der Waals surface area (Å²) in [4.78, 5) is 23.5. The van der Waals surface area contributed by atoms with Crippen LogP contribution in [0.2, 0.25) is 0 Å². The monoisotopic (exact) mass is 350 g/mol. The summed E-state index contributed by atoms with van der Waals surface area (Å²) in [6, 6.07) is 5.83. The second kappa shape index (κ2) is 6.84. The number of aryl methyl sites for hydroxylation is 1. The Morgan fingerprint density at radius 2 is 2.00 bits per heavy atom. The van der Waals surface area contributed by atoms with Gasteiger partial charge in [0.15, 0.2) is 0 Å². The zero-order valence-electron chi connectivity index (χ0n) is 15.0. The van der Waals surface area contributed by atoms with Gasteiger partial charge >= 0.3 is 0 Å². The average Bonchev–Trinajstić information content (AvgIpc) is 3.32. The summed E-state index contributed by atoms with van der Waals surface area (Å²) in [6.07, 6.45) is 7.83. The molecule has 26 heavy (non-hydrogen) atoms. The lowest BCUT2D eigenvalue weighted by Crippen LogP contribution is -2.40. The molecule has 0 saturated carbocycles. The maximum absolute atomic E-state index is 12.5. The third kappa shape index (κ3) is 3.30. The molecule has 134 valence electrons. The zero-order chi connectivity index (χ0) is 18.1. The minimum absolute atomic E-state index is 0.0605. The van der Waals surface area contributed by atoms with Gasteiger partial charge in [-0.15, -0.1) is 0 Å². The number of amides is 1. The quantitative estimate of drug-likeness (QED) is 0.782. The first kappa shape index (κ1) is 16.7. The van der Waals surface area contributed by atoms with E-state index in [4.69, 9.17) is 0 Å². The number of benzene rings is 1. The van der Waals surface area contributed by atoms with Gasteiger partial charge in [0, 0.05) is 30.4 Å². The number of aromatic nitrogens is 4. The molecule has 1 atom stereocenters. The van der Waals surface area contributed by atoms with Crippen LogP contribution in [0.5, 0.6) is 0 Å². The number of hydrogen-bond acceptors (Lipinski definition) is 5. The van der Waals surface area contributed by atoms with E-state index in [1.807, 2.05) is 44.6 Å². The predicted octanol–water partition coefficient (Wildman–Crippen LogP) is 2.45. The van der Waals surface area contributed by atoms with Gasteiger partial charge in [-0.05, 0) is 44.5 Å². The molecule has 1 fully saturated rings. The van der Waals surface area contributed by atoms with Gasteiger partial charge < -0.3 is 0 Å². The third-order valence-electron chi connectivity index (χ3n) is 4.92. The molecule has 0 aliphatic carbocycles. The van der Waals surface area contributed by atoms with Crippen molar-refractivity contribution in [3.8, 4) is 11.1 Å². The van der Waals surface area contributed by atoms with E-state index in [2.05, 4.69) is 25.3 Å². The Bertz CT molecular complexity index is 944. The molecule has 1 N–H and O–H groups in total. The molecule has 0 unspecified atom stereocenters. The first-order chi connectivity index (χ1) is 12.6. The molecule has 4 rings (SSSR count). The van der Waals surface area contributed by atoms with Crippen LogP contribution in [0.1, 0.15) is 19.8 Å². The van der Waals surface area contributed by atoms with Gasteiger partial charge in [0.05, 0.1) is 17.8 Å². The van der Waals surface area contributed by atoms with Crippen LogP contribution in [0.4, 0.5) is 5.95 Å². The summed E-state index contributed by atoms with van der Waals surface area (Å²) in [7, 11) is 1.89. The molecule has 3 aromatic rings. The molecule has 1 aromatic carbocycles. The van der Waals surface area contributed by atoms with E-state index in [-0.39, 0.29) is 11.9 Å². The standard InChI is InChI=1S/C19H22N6O/c1-13(25-7-3-4-8-25)18(26)23-19-20-10-15-6-5-14(9-17(15)22-19)16-11-21-24(2)12-16/h5-6,9-13H,3-4,7-8H2,1-2H3,(H,20,22,23,26)/t13-/m1/s1. The average molecular weight is 350 g/mol. The van der Waals surface area contributed by atoms with Crippen LogP contribution in [-0.2, 0) is 11.8 Å². The molecule has 1 saturated heterocycles. The molecule has 7 heteroatoms.